The highest BCUT2D eigenvalue weighted by molar-refractivity contribution is 5.98. The van der Waals surface area contributed by atoms with Crippen molar-refractivity contribution in [3.8, 4) is 0 Å². The van der Waals surface area contributed by atoms with Crippen LogP contribution in [0.15, 0.2) is 16.8 Å². The minimum atomic E-state index is -0.481. The second kappa shape index (κ2) is 5.05. The summed E-state index contributed by atoms with van der Waals surface area (Å²) in [6.45, 7) is 1.65. The molecule has 0 aliphatic heterocycles. The molecule has 0 saturated carbocycles. The van der Waals surface area contributed by atoms with Gasteiger partial charge in [0.2, 0.25) is 0 Å². The van der Waals surface area contributed by atoms with Crippen molar-refractivity contribution in [1.82, 2.24) is 15.0 Å². The Kier molecular flexibility index (Phi) is 3.46. The van der Waals surface area contributed by atoms with Crippen LogP contribution in [0.5, 0.6) is 0 Å². The van der Waals surface area contributed by atoms with Gasteiger partial charge in [-0.3, -0.25) is 9.59 Å². The lowest BCUT2D eigenvalue weighted by Gasteiger charge is -2.15. The fraction of sp³-hybridized carbons (Fsp3) is 0.333. The van der Waals surface area contributed by atoms with Crippen LogP contribution in [0.2, 0.25) is 0 Å². The van der Waals surface area contributed by atoms with Crippen molar-refractivity contribution in [1.29, 1.82) is 0 Å². The lowest BCUT2D eigenvalue weighted by atomic mass is 10.2. The Morgan fingerprint density at radius 2 is 2.21 bits per heavy atom. The van der Waals surface area contributed by atoms with E-state index in [0.29, 0.717) is 22.4 Å². The Labute approximate surface area is 109 Å². The summed E-state index contributed by atoms with van der Waals surface area (Å²) in [5.41, 5.74) is 1.41. The van der Waals surface area contributed by atoms with Crippen molar-refractivity contribution in [3.63, 3.8) is 0 Å². The Morgan fingerprint density at radius 1 is 1.47 bits per heavy atom. The van der Waals surface area contributed by atoms with Crippen molar-refractivity contribution in [2.75, 3.05) is 20.7 Å². The fourth-order valence-corrected chi connectivity index (χ4v) is 1.61. The van der Waals surface area contributed by atoms with E-state index in [9.17, 15) is 9.59 Å². The summed E-state index contributed by atoms with van der Waals surface area (Å²) in [6, 6.07) is 1.64. The second-order valence-corrected chi connectivity index (χ2v) is 4.08. The number of esters is 1. The largest absolute Gasteiger partial charge is 0.468 e. The lowest BCUT2D eigenvalue weighted by Crippen LogP contribution is -2.32. The summed E-state index contributed by atoms with van der Waals surface area (Å²) in [5, 5.41) is 4.44. The van der Waals surface area contributed by atoms with E-state index in [0.717, 1.165) is 0 Å². The van der Waals surface area contributed by atoms with E-state index in [-0.39, 0.29) is 12.5 Å². The zero-order chi connectivity index (χ0) is 14.0. The number of pyridine rings is 1. The van der Waals surface area contributed by atoms with E-state index in [1.807, 2.05) is 0 Å². The summed E-state index contributed by atoms with van der Waals surface area (Å²) in [6.07, 6.45) is 1.39. The molecular formula is C12H13N3O4. The monoisotopic (exact) mass is 263 g/mol. The van der Waals surface area contributed by atoms with Crippen LogP contribution in [-0.2, 0) is 9.53 Å². The summed E-state index contributed by atoms with van der Waals surface area (Å²) >= 11 is 0. The van der Waals surface area contributed by atoms with Gasteiger partial charge in [0, 0.05) is 13.2 Å². The Balaban J connectivity index is 2.25. The van der Waals surface area contributed by atoms with Crippen molar-refractivity contribution >= 4 is 23.0 Å². The number of aryl methyl sites for hydroxylation is 1. The molecule has 2 rings (SSSR count). The number of fused-ring (bicyclic) bond motifs is 1. The number of hydrogen-bond donors (Lipinski definition) is 0. The number of aromatic nitrogens is 2. The molecule has 0 aliphatic rings. The van der Waals surface area contributed by atoms with E-state index in [4.69, 9.17) is 4.52 Å². The van der Waals surface area contributed by atoms with Gasteiger partial charge in [0.25, 0.3) is 11.6 Å². The Hall–Kier alpha value is -2.44. The minimum absolute atomic E-state index is 0.115. The molecule has 19 heavy (non-hydrogen) atoms. The molecule has 0 saturated heterocycles. The normalized spacial score (nSPS) is 10.5. The van der Waals surface area contributed by atoms with Crippen LogP contribution in [0.1, 0.15) is 16.1 Å². The van der Waals surface area contributed by atoms with Crippen molar-refractivity contribution in [2.24, 2.45) is 0 Å². The maximum Gasteiger partial charge on any atom is 0.325 e. The van der Waals surface area contributed by atoms with Crippen molar-refractivity contribution in [3.05, 3.63) is 23.5 Å². The van der Waals surface area contributed by atoms with Crippen molar-refractivity contribution in [2.45, 2.75) is 6.92 Å². The summed E-state index contributed by atoms with van der Waals surface area (Å²) in [4.78, 5) is 28.5. The topological polar surface area (TPSA) is 85.5 Å². The third-order valence-corrected chi connectivity index (χ3v) is 2.70. The highest BCUT2D eigenvalue weighted by atomic mass is 16.5. The second-order valence-electron chi connectivity index (χ2n) is 4.08. The van der Waals surface area contributed by atoms with Gasteiger partial charge in [0.05, 0.1) is 23.8 Å². The maximum atomic E-state index is 12.1. The molecule has 0 atom stereocenters. The molecule has 0 fully saturated rings. The van der Waals surface area contributed by atoms with Gasteiger partial charge in [-0.15, -0.1) is 0 Å². The first-order valence-electron chi connectivity index (χ1n) is 5.57. The molecule has 0 radical (unpaired) electrons. The molecule has 2 heterocycles. The number of carbonyl (C=O) groups excluding carboxylic acids is 2. The molecule has 7 heteroatoms. The van der Waals surface area contributed by atoms with Crippen LogP contribution in [0.4, 0.5) is 0 Å². The molecule has 1 amide bonds. The lowest BCUT2D eigenvalue weighted by molar-refractivity contribution is -0.141. The van der Waals surface area contributed by atoms with E-state index < -0.39 is 5.97 Å². The standard InChI is InChI=1S/C12H13N3O4/c1-7-9-4-8(5-13-11(9)19-14-7)12(17)15(2)6-10(16)18-3/h4-5H,6H2,1-3H3. The number of nitrogens with zero attached hydrogens (tertiary/aromatic N) is 3. The van der Waals surface area contributed by atoms with Crippen LogP contribution >= 0.6 is 0 Å². The fourth-order valence-electron chi connectivity index (χ4n) is 1.61. The van der Waals surface area contributed by atoms with Gasteiger partial charge in [0.1, 0.15) is 6.54 Å². The minimum Gasteiger partial charge on any atom is -0.468 e. The van der Waals surface area contributed by atoms with Gasteiger partial charge < -0.3 is 14.2 Å². The number of hydrogen-bond acceptors (Lipinski definition) is 6. The average Bonchev–Trinajstić information content (AvgIpc) is 2.78. The molecule has 0 aliphatic carbocycles. The van der Waals surface area contributed by atoms with Gasteiger partial charge in [-0.2, -0.15) is 0 Å². The van der Waals surface area contributed by atoms with E-state index in [1.165, 1.54) is 25.3 Å². The van der Waals surface area contributed by atoms with E-state index in [1.54, 1.807) is 13.0 Å². The first kappa shape index (κ1) is 13.0. The molecular weight excluding hydrogens is 250 g/mol. The number of rotatable bonds is 3. The van der Waals surface area contributed by atoms with Gasteiger partial charge >= 0.3 is 5.97 Å². The van der Waals surface area contributed by atoms with Crippen LogP contribution in [0, 0.1) is 6.92 Å². The first-order chi connectivity index (χ1) is 9.02. The van der Waals surface area contributed by atoms with E-state index in [2.05, 4.69) is 14.9 Å². The van der Waals surface area contributed by atoms with Crippen LogP contribution in [-0.4, -0.2) is 47.6 Å². The summed E-state index contributed by atoms with van der Waals surface area (Å²) in [7, 11) is 2.79. The van der Waals surface area contributed by atoms with Crippen LogP contribution < -0.4 is 0 Å². The Bertz CT molecular complexity index is 635. The molecule has 2 aromatic rings. The smallest absolute Gasteiger partial charge is 0.325 e. The molecule has 0 unspecified atom stereocenters. The van der Waals surface area contributed by atoms with Gasteiger partial charge in [-0.1, -0.05) is 5.16 Å². The summed E-state index contributed by atoms with van der Waals surface area (Å²) in [5.74, 6) is -0.800. The molecule has 2 aromatic heterocycles. The number of methoxy groups -OCH3 is 1. The quantitative estimate of drug-likeness (QED) is 0.760. The molecule has 0 spiro atoms. The maximum absolute atomic E-state index is 12.1. The average molecular weight is 263 g/mol. The van der Waals surface area contributed by atoms with Gasteiger partial charge in [0.15, 0.2) is 0 Å². The summed E-state index contributed by atoms with van der Waals surface area (Å²) < 4.78 is 9.48. The zero-order valence-corrected chi connectivity index (χ0v) is 10.8. The third kappa shape index (κ3) is 2.54. The SMILES string of the molecule is COC(=O)CN(C)C(=O)c1cnc2onc(C)c2c1. The zero-order valence-electron chi connectivity index (χ0n) is 10.8. The van der Waals surface area contributed by atoms with Crippen molar-refractivity contribution < 1.29 is 18.8 Å². The molecule has 7 nitrogen and oxygen atoms in total. The molecule has 100 valence electrons. The highest BCUT2D eigenvalue weighted by Crippen LogP contribution is 2.17. The van der Waals surface area contributed by atoms with Gasteiger partial charge in [-0.05, 0) is 13.0 Å². The van der Waals surface area contributed by atoms with E-state index >= 15 is 0 Å². The van der Waals surface area contributed by atoms with Crippen LogP contribution in [0.3, 0.4) is 0 Å². The first-order valence-corrected chi connectivity index (χ1v) is 5.57. The molecule has 0 bridgehead atoms. The predicted molar refractivity (Wildman–Crippen MR) is 65.5 cm³/mol. The number of likely N-dealkylation sites (N-methyl/N-ethyl adjacent to an activating group) is 1. The van der Waals surface area contributed by atoms with Crippen LogP contribution in [0.25, 0.3) is 11.1 Å². The highest BCUT2D eigenvalue weighted by Gasteiger charge is 2.17. The number of amides is 1. The van der Waals surface area contributed by atoms with Gasteiger partial charge in [-0.25, -0.2) is 4.98 Å². The molecule has 0 N–H and O–H groups in total. The Morgan fingerprint density at radius 3 is 2.89 bits per heavy atom. The predicted octanol–water partition coefficient (Wildman–Crippen LogP) is 0.776. The number of ether oxygens (including phenoxy) is 1. The number of carbonyl (C=O) groups is 2. The molecule has 0 aromatic carbocycles. The third-order valence-electron chi connectivity index (χ3n) is 2.70.